The van der Waals surface area contributed by atoms with Crippen LogP contribution in [0.1, 0.15) is 179 Å². The molecule has 0 saturated heterocycles. The number of anilines is 4. The number of hydrogen-bond acceptors (Lipinski definition) is 4. The van der Waals surface area contributed by atoms with E-state index in [1.165, 1.54) is 51.1 Å². The lowest BCUT2D eigenvalue weighted by molar-refractivity contribution is 0.483. The Labute approximate surface area is 498 Å². The molecule has 1 aliphatic rings. The quantitative estimate of drug-likeness (QED) is 0.115. The van der Waals surface area contributed by atoms with E-state index in [1.54, 1.807) is 0 Å². The van der Waals surface area contributed by atoms with Crippen LogP contribution in [0.5, 0.6) is 11.5 Å². The lowest BCUT2D eigenvalue weighted by Crippen LogP contribution is -2.25. The van der Waals surface area contributed by atoms with Crippen LogP contribution in [0.15, 0.2) is 164 Å². The normalized spacial score (nSPS) is 13.1. The second-order valence-corrected chi connectivity index (χ2v) is 27.1. The van der Waals surface area contributed by atoms with Gasteiger partial charge in [0, 0.05) is 52.0 Å². The Morgan fingerprint density at radius 2 is 1.00 bits per heavy atom. The number of aromatic nitrogens is 2. The summed E-state index contributed by atoms with van der Waals surface area (Å²) >= 11 is 0. The average Bonchev–Trinajstić information content (AvgIpc) is 1.76. The molecular formula is C77H82F2N4O. The van der Waals surface area contributed by atoms with E-state index in [4.69, 9.17) is 9.72 Å². The number of halogens is 2. The maximum Gasteiger partial charge on any atom is 0.137 e. The number of nitrogens with zero attached hydrogens (tertiary/aromatic N) is 4. The highest BCUT2D eigenvalue weighted by atomic mass is 19.1. The van der Waals surface area contributed by atoms with Gasteiger partial charge < -0.3 is 14.5 Å². The number of benzene rings is 8. The number of pyridine rings is 1. The molecule has 10 aromatic rings. The summed E-state index contributed by atoms with van der Waals surface area (Å²) in [4.78, 5) is 9.74. The van der Waals surface area contributed by atoms with Gasteiger partial charge in [-0.2, -0.15) is 0 Å². The second-order valence-electron chi connectivity index (χ2n) is 27.1. The van der Waals surface area contributed by atoms with Crippen LogP contribution in [0.4, 0.5) is 31.5 Å². The summed E-state index contributed by atoms with van der Waals surface area (Å²) in [5.41, 5.74) is 19.8. The zero-order chi connectivity index (χ0) is 59.8. The Hall–Kier alpha value is -8.03. The summed E-state index contributed by atoms with van der Waals surface area (Å²) in [5, 5.41) is 2.26. The fourth-order valence-corrected chi connectivity index (χ4v) is 12.3. The van der Waals surface area contributed by atoms with Crippen LogP contribution in [-0.2, 0) is 10.8 Å². The minimum Gasteiger partial charge on any atom is -0.457 e. The number of fused-ring (bicyclic) bond motifs is 4. The third-order valence-corrected chi connectivity index (χ3v) is 17.1. The second kappa shape index (κ2) is 22.2. The monoisotopic (exact) mass is 1120 g/mol. The Morgan fingerprint density at radius 3 is 1.58 bits per heavy atom. The van der Waals surface area contributed by atoms with E-state index in [9.17, 15) is 0 Å². The molecule has 0 N–H and O–H groups in total. The molecule has 0 saturated carbocycles. The van der Waals surface area contributed by atoms with Crippen molar-refractivity contribution in [3.05, 3.63) is 215 Å². The van der Waals surface area contributed by atoms with Gasteiger partial charge in [0.15, 0.2) is 0 Å². The van der Waals surface area contributed by atoms with Crippen molar-refractivity contribution in [3.63, 3.8) is 0 Å². The zero-order valence-corrected chi connectivity index (χ0v) is 52.1. The van der Waals surface area contributed by atoms with Crippen molar-refractivity contribution >= 4 is 44.6 Å². The van der Waals surface area contributed by atoms with E-state index in [0.29, 0.717) is 29.6 Å². The topological polar surface area (TPSA) is 33.5 Å². The molecule has 84 heavy (non-hydrogen) atoms. The molecule has 8 aromatic carbocycles. The van der Waals surface area contributed by atoms with Crippen LogP contribution in [0, 0.1) is 11.6 Å². The lowest BCUT2D eigenvalue weighted by Gasteiger charge is -2.31. The van der Waals surface area contributed by atoms with Crippen molar-refractivity contribution < 1.29 is 13.5 Å². The molecule has 11 rings (SSSR count). The van der Waals surface area contributed by atoms with Gasteiger partial charge in [0.05, 0.1) is 28.1 Å². The van der Waals surface area contributed by atoms with E-state index in [2.05, 4.69) is 265 Å². The molecule has 0 aliphatic carbocycles. The molecule has 1 aliphatic heterocycles. The first-order valence-electron chi connectivity index (χ1n) is 30.3. The largest absolute Gasteiger partial charge is 0.457 e. The van der Waals surface area contributed by atoms with Gasteiger partial charge in [0.25, 0.3) is 0 Å². The maximum atomic E-state index is 15.8. The molecular weight excluding hydrogens is 1030 g/mol. The fraction of sp³-hybridized carbons (Fsp3) is 0.312. The van der Waals surface area contributed by atoms with Gasteiger partial charge in [-0.15, -0.1) is 0 Å². The molecule has 430 valence electrons. The smallest absolute Gasteiger partial charge is 0.137 e. The van der Waals surface area contributed by atoms with Gasteiger partial charge in [-0.25, -0.2) is 13.8 Å². The van der Waals surface area contributed by atoms with E-state index in [0.717, 1.165) is 84.3 Å². The molecule has 3 heterocycles. The first-order valence-corrected chi connectivity index (χ1v) is 30.3. The molecule has 0 radical (unpaired) electrons. The molecule has 0 amide bonds. The third-order valence-electron chi connectivity index (χ3n) is 17.1. The Kier molecular flexibility index (Phi) is 15.3. The highest BCUT2D eigenvalue weighted by Crippen LogP contribution is 2.53. The van der Waals surface area contributed by atoms with E-state index in [1.807, 2.05) is 6.20 Å². The van der Waals surface area contributed by atoms with Crippen molar-refractivity contribution in [2.45, 2.75) is 151 Å². The first kappa shape index (κ1) is 57.8. The van der Waals surface area contributed by atoms with Gasteiger partial charge in [0.1, 0.15) is 35.6 Å². The maximum absolute atomic E-state index is 15.8. The molecule has 0 bridgehead atoms. The van der Waals surface area contributed by atoms with Crippen LogP contribution in [0.25, 0.3) is 61.0 Å². The summed E-state index contributed by atoms with van der Waals surface area (Å²) in [5.74, 6) is 2.36. The molecule has 0 unspecified atom stereocenters. The summed E-state index contributed by atoms with van der Waals surface area (Å²) < 4.78 is 41.1. The van der Waals surface area contributed by atoms with Crippen molar-refractivity contribution in [3.8, 4) is 50.7 Å². The van der Waals surface area contributed by atoms with E-state index >= 15 is 8.78 Å². The van der Waals surface area contributed by atoms with Gasteiger partial charge >= 0.3 is 0 Å². The van der Waals surface area contributed by atoms with Gasteiger partial charge in [-0.1, -0.05) is 171 Å². The number of rotatable bonds is 13. The molecule has 0 spiro atoms. The summed E-state index contributed by atoms with van der Waals surface area (Å²) in [6.07, 6.45) is 1.92. The highest BCUT2D eigenvalue weighted by Gasteiger charge is 2.34. The standard InChI is InChI=1S/C77H82F2N4O/c1-45(2)50-29-51(46(3)4)31-53(30-50)67-38-57(77(14,15)16)39-68(54-32-58(78)41-59(79)33-54)75(67)82-44-81(70-23-19-20-24-71(70)82)60-34-55(74-65(48(7)8)36-52(47(5)6)37-66(74)49(9)10)35-62(42-60)84-61-25-26-64-63-21-17-18-22-69(63)83(72(64)43-61)73-40-56(27-28-80-73)76(11,12)13/h17-43,45-49H,44H2,1-16H3. The summed E-state index contributed by atoms with van der Waals surface area (Å²) in [6, 6.07) is 54.8. The lowest BCUT2D eigenvalue weighted by atomic mass is 9.81. The van der Waals surface area contributed by atoms with Gasteiger partial charge in [-0.3, -0.25) is 4.57 Å². The predicted octanol–water partition coefficient (Wildman–Crippen LogP) is 22.7. The van der Waals surface area contributed by atoms with Gasteiger partial charge in [0.2, 0.25) is 0 Å². The van der Waals surface area contributed by atoms with Gasteiger partial charge in [-0.05, 0) is 180 Å². The molecule has 5 nitrogen and oxygen atoms in total. The average molecular weight is 1120 g/mol. The minimum atomic E-state index is -0.620. The predicted molar refractivity (Wildman–Crippen MR) is 351 cm³/mol. The fourth-order valence-electron chi connectivity index (χ4n) is 12.3. The molecule has 2 aromatic heterocycles. The van der Waals surface area contributed by atoms with Crippen LogP contribution < -0.4 is 14.5 Å². The van der Waals surface area contributed by atoms with Crippen LogP contribution in [0.3, 0.4) is 0 Å². The highest BCUT2D eigenvalue weighted by molar-refractivity contribution is 6.09. The van der Waals surface area contributed by atoms with E-state index < -0.39 is 11.6 Å². The summed E-state index contributed by atoms with van der Waals surface area (Å²) in [6.45, 7) is 36.5. The van der Waals surface area contributed by atoms with E-state index in [-0.39, 0.29) is 34.5 Å². The minimum absolute atomic E-state index is 0.0700. The molecule has 7 heteroatoms. The van der Waals surface area contributed by atoms with Crippen molar-refractivity contribution in [2.75, 3.05) is 16.5 Å². The number of ether oxygens (including phenoxy) is 1. The van der Waals surface area contributed by atoms with Crippen molar-refractivity contribution in [1.29, 1.82) is 0 Å². The molecule has 0 fully saturated rings. The first-order chi connectivity index (χ1) is 39.8. The Morgan fingerprint density at radius 1 is 0.452 bits per heavy atom. The zero-order valence-electron chi connectivity index (χ0n) is 52.1. The van der Waals surface area contributed by atoms with Crippen molar-refractivity contribution in [1.82, 2.24) is 9.55 Å². The molecule has 0 atom stereocenters. The van der Waals surface area contributed by atoms with Crippen LogP contribution >= 0.6 is 0 Å². The third kappa shape index (κ3) is 11.0. The Balaban J connectivity index is 1.15. The SMILES string of the molecule is CC(C)c1cc(-c2cc(C(C)(C)C)cc(-c3cc(F)cc(F)c3)c2N2CN(c3cc(Oc4ccc5c6ccccc6n(-c6cc(C(C)(C)C)ccn6)c5c4)cc(-c4c(C(C)C)cc(C(C)C)cc4C(C)C)c3)c3ccccc32)cc(C(C)C)c1. The van der Waals surface area contributed by atoms with Crippen LogP contribution in [-0.4, -0.2) is 16.2 Å². The van der Waals surface area contributed by atoms with Crippen LogP contribution in [0.2, 0.25) is 0 Å². The van der Waals surface area contributed by atoms with Crippen molar-refractivity contribution in [2.24, 2.45) is 0 Å². The summed E-state index contributed by atoms with van der Waals surface area (Å²) in [7, 11) is 0. The Bertz CT molecular complexity index is 4070. The number of hydrogen-bond donors (Lipinski definition) is 0. The number of para-hydroxylation sites is 3.